The highest BCUT2D eigenvalue weighted by Crippen LogP contribution is 2.22. The molecule has 1 aliphatic heterocycles. The maximum atomic E-state index is 12.4. The molecule has 1 aliphatic rings. The lowest BCUT2D eigenvalue weighted by molar-refractivity contribution is -0.127. The molecule has 1 unspecified atom stereocenters. The molecule has 27 heavy (non-hydrogen) atoms. The summed E-state index contributed by atoms with van der Waals surface area (Å²) in [5.41, 5.74) is 2.13. The Bertz CT molecular complexity index is 763. The van der Waals surface area contributed by atoms with E-state index in [2.05, 4.69) is 41.1 Å². The lowest BCUT2D eigenvalue weighted by atomic mass is 9.95. The van der Waals surface area contributed by atoms with E-state index in [1.165, 1.54) is 0 Å². The van der Waals surface area contributed by atoms with Gasteiger partial charge in [0, 0.05) is 17.5 Å². The maximum Gasteiger partial charge on any atom is 0.241 e. The molecule has 0 spiro atoms. The minimum absolute atomic E-state index is 0.104. The molecule has 0 aliphatic carbocycles. The molecule has 6 heteroatoms. The molecule has 146 valence electrons. The third kappa shape index (κ3) is 4.95. The second-order valence-corrected chi connectivity index (χ2v) is 7.92. The zero-order chi connectivity index (χ0) is 19.4. The highest BCUT2D eigenvalue weighted by molar-refractivity contribution is 5.79. The largest absolute Gasteiger partial charge is 0.353 e. The van der Waals surface area contributed by atoms with Crippen LogP contribution in [0.5, 0.6) is 0 Å². The number of carbonyl (C=O) groups is 1. The summed E-state index contributed by atoms with van der Waals surface area (Å²) >= 11 is 0. The number of carbonyl (C=O) groups excluding carboxylic acids is 1. The smallest absolute Gasteiger partial charge is 0.241 e. The third-order valence-electron chi connectivity index (χ3n) is 5.54. The molecular weight excluding hydrogens is 340 g/mol. The number of aryl methyl sites for hydroxylation is 1. The Morgan fingerprint density at radius 3 is 2.63 bits per heavy atom. The van der Waals surface area contributed by atoms with Crippen LogP contribution in [0, 0.1) is 18.8 Å². The van der Waals surface area contributed by atoms with Gasteiger partial charge in [-0.25, -0.2) is 0 Å². The Hall–Kier alpha value is -2.21. The third-order valence-corrected chi connectivity index (χ3v) is 5.54. The van der Waals surface area contributed by atoms with Gasteiger partial charge in [-0.3, -0.25) is 9.69 Å². The van der Waals surface area contributed by atoms with Gasteiger partial charge in [0.2, 0.25) is 17.6 Å². The maximum absolute atomic E-state index is 12.4. The number of hydrogen-bond acceptors (Lipinski definition) is 5. The van der Waals surface area contributed by atoms with E-state index in [1.807, 2.05) is 31.2 Å². The molecule has 6 nitrogen and oxygen atoms in total. The van der Waals surface area contributed by atoms with E-state index in [0.29, 0.717) is 24.2 Å². The molecule has 2 heterocycles. The van der Waals surface area contributed by atoms with Crippen molar-refractivity contribution in [2.75, 3.05) is 13.1 Å². The molecule has 0 saturated carbocycles. The molecular formula is C21H30N4O2. The van der Waals surface area contributed by atoms with E-state index in [9.17, 15) is 4.79 Å². The number of piperidine rings is 1. The monoisotopic (exact) mass is 370 g/mol. The normalized spacial score (nSPS) is 17.2. The van der Waals surface area contributed by atoms with Crippen molar-refractivity contribution in [2.45, 2.75) is 53.1 Å². The van der Waals surface area contributed by atoms with Crippen molar-refractivity contribution >= 4 is 5.91 Å². The number of benzene rings is 1. The van der Waals surface area contributed by atoms with Gasteiger partial charge < -0.3 is 9.84 Å². The minimum Gasteiger partial charge on any atom is -0.353 e. The number of nitrogens with one attached hydrogen (secondary N) is 1. The first kappa shape index (κ1) is 19.5. The number of likely N-dealkylation sites (tertiary alicyclic amines) is 1. The quantitative estimate of drug-likeness (QED) is 0.844. The summed E-state index contributed by atoms with van der Waals surface area (Å²) in [7, 11) is 0. The lowest BCUT2D eigenvalue weighted by Crippen LogP contribution is -2.44. The van der Waals surface area contributed by atoms with Gasteiger partial charge in [0.15, 0.2) is 0 Å². The van der Waals surface area contributed by atoms with Crippen LogP contribution < -0.4 is 5.32 Å². The molecule has 1 saturated heterocycles. The van der Waals surface area contributed by atoms with E-state index in [4.69, 9.17) is 4.52 Å². The summed E-state index contributed by atoms with van der Waals surface area (Å²) < 4.78 is 5.45. The number of aromatic nitrogens is 2. The van der Waals surface area contributed by atoms with Crippen molar-refractivity contribution < 1.29 is 9.32 Å². The van der Waals surface area contributed by atoms with Crippen molar-refractivity contribution in [3.05, 3.63) is 35.7 Å². The van der Waals surface area contributed by atoms with E-state index in [-0.39, 0.29) is 17.9 Å². The van der Waals surface area contributed by atoms with Crippen LogP contribution in [0.1, 0.15) is 45.1 Å². The van der Waals surface area contributed by atoms with Gasteiger partial charge >= 0.3 is 0 Å². The molecule has 0 radical (unpaired) electrons. The molecule has 1 aromatic carbocycles. The minimum atomic E-state index is 0.104. The highest BCUT2D eigenvalue weighted by atomic mass is 16.5. The molecule has 1 aromatic heterocycles. The van der Waals surface area contributed by atoms with Crippen molar-refractivity contribution in [3.8, 4) is 11.4 Å². The Labute approximate surface area is 161 Å². The van der Waals surface area contributed by atoms with Gasteiger partial charge in [-0.05, 0) is 51.3 Å². The summed E-state index contributed by atoms with van der Waals surface area (Å²) in [6.07, 6.45) is 1.74. The Morgan fingerprint density at radius 1 is 1.26 bits per heavy atom. The Balaban J connectivity index is 1.51. The van der Waals surface area contributed by atoms with Crippen LogP contribution in [-0.2, 0) is 11.3 Å². The molecule has 0 bridgehead atoms. The SMILES string of the molecule is Cc1ccccc1-c1noc(CN2CCC(C(=O)NC(C)C(C)C)CC2)n1. The molecule has 2 aromatic rings. The number of nitrogens with zero attached hydrogens (tertiary/aromatic N) is 3. The first-order valence-corrected chi connectivity index (χ1v) is 9.85. The predicted molar refractivity (Wildman–Crippen MR) is 105 cm³/mol. The zero-order valence-electron chi connectivity index (χ0n) is 16.7. The molecule has 1 amide bonds. The number of rotatable bonds is 6. The van der Waals surface area contributed by atoms with Crippen LogP contribution in [0.3, 0.4) is 0 Å². The second kappa shape index (κ2) is 8.65. The van der Waals surface area contributed by atoms with Crippen molar-refractivity contribution in [2.24, 2.45) is 11.8 Å². The van der Waals surface area contributed by atoms with Gasteiger partial charge in [0.25, 0.3) is 0 Å². The van der Waals surface area contributed by atoms with Gasteiger partial charge in [-0.1, -0.05) is 43.3 Å². The molecule has 3 rings (SSSR count). The standard InChI is InChI=1S/C21H30N4O2/c1-14(2)16(4)22-21(26)17-9-11-25(12-10-17)13-19-23-20(24-27-19)18-8-6-5-7-15(18)3/h5-8,14,16-17H,9-13H2,1-4H3,(H,22,26). The first-order valence-electron chi connectivity index (χ1n) is 9.85. The number of amides is 1. The van der Waals surface area contributed by atoms with Crippen LogP contribution in [0.2, 0.25) is 0 Å². The molecule has 1 N–H and O–H groups in total. The van der Waals surface area contributed by atoms with E-state index in [1.54, 1.807) is 0 Å². The van der Waals surface area contributed by atoms with E-state index >= 15 is 0 Å². The fourth-order valence-electron chi connectivity index (χ4n) is 3.31. The van der Waals surface area contributed by atoms with Gasteiger partial charge in [0.05, 0.1) is 6.54 Å². The van der Waals surface area contributed by atoms with Crippen molar-refractivity contribution in [1.29, 1.82) is 0 Å². The van der Waals surface area contributed by atoms with Gasteiger partial charge in [-0.2, -0.15) is 4.98 Å². The lowest BCUT2D eigenvalue weighted by Gasteiger charge is -2.31. The summed E-state index contributed by atoms with van der Waals surface area (Å²) in [5.74, 6) is 2.02. The van der Waals surface area contributed by atoms with Gasteiger partial charge in [-0.15, -0.1) is 0 Å². The van der Waals surface area contributed by atoms with Crippen LogP contribution >= 0.6 is 0 Å². The first-order chi connectivity index (χ1) is 12.9. The van der Waals surface area contributed by atoms with Crippen LogP contribution in [-0.4, -0.2) is 40.1 Å². The van der Waals surface area contributed by atoms with Gasteiger partial charge in [0.1, 0.15) is 0 Å². The van der Waals surface area contributed by atoms with E-state index in [0.717, 1.165) is 37.1 Å². The zero-order valence-corrected chi connectivity index (χ0v) is 16.7. The van der Waals surface area contributed by atoms with Crippen LogP contribution in [0.15, 0.2) is 28.8 Å². The Morgan fingerprint density at radius 2 is 1.96 bits per heavy atom. The Kier molecular flexibility index (Phi) is 6.26. The van der Waals surface area contributed by atoms with Crippen LogP contribution in [0.25, 0.3) is 11.4 Å². The summed E-state index contributed by atoms with van der Waals surface area (Å²) in [6.45, 7) is 10.7. The van der Waals surface area contributed by atoms with E-state index < -0.39 is 0 Å². The van der Waals surface area contributed by atoms with Crippen molar-refractivity contribution in [1.82, 2.24) is 20.4 Å². The molecule has 1 fully saturated rings. The fourth-order valence-corrected chi connectivity index (χ4v) is 3.31. The second-order valence-electron chi connectivity index (χ2n) is 7.92. The predicted octanol–water partition coefficient (Wildman–Crippen LogP) is 3.42. The van der Waals surface area contributed by atoms with Crippen molar-refractivity contribution in [3.63, 3.8) is 0 Å². The average Bonchev–Trinajstić information content (AvgIpc) is 3.10. The topological polar surface area (TPSA) is 71.3 Å². The summed E-state index contributed by atoms with van der Waals surface area (Å²) in [5, 5.41) is 7.27. The van der Waals surface area contributed by atoms with Crippen LogP contribution in [0.4, 0.5) is 0 Å². The summed E-state index contributed by atoms with van der Waals surface area (Å²) in [4.78, 5) is 19.2. The summed E-state index contributed by atoms with van der Waals surface area (Å²) in [6, 6.07) is 8.25. The molecule has 1 atom stereocenters. The highest BCUT2D eigenvalue weighted by Gasteiger charge is 2.27. The fraction of sp³-hybridized carbons (Fsp3) is 0.571. The number of hydrogen-bond donors (Lipinski definition) is 1. The average molecular weight is 370 g/mol.